The smallest absolute Gasteiger partial charge is 0.457 e. The second-order valence-electron chi connectivity index (χ2n) is 3.46. The largest absolute Gasteiger partial charge is 0.475 e. The predicted molar refractivity (Wildman–Crippen MR) is 61.9 cm³/mol. The maximum absolute atomic E-state index is 10.8. The molecule has 17 heavy (non-hydrogen) atoms. The Kier molecular flexibility index (Phi) is 3.23. The van der Waals surface area contributed by atoms with Crippen LogP contribution in [-0.2, 0) is 0 Å². The molecule has 0 aromatic carbocycles. The number of hydrogen-bond donors (Lipinski definition) is 1. The number of hydrogen-bond acceptors (Lipinski definition) is 6. The van der Waals surface area contributed by atoms with Crippen LogP contribution < -0.4 is 4.90 Å². The standard InChI is InChI=1S/C9H10N2O5S/c12-9(13)7-5-6(8(16-7)11(14)15)10-1-3-17-4-2-10/h5H,1-4H2,(H,12,13). The third-order valence-electron chi connectivity index (χ3n) is 2.42. The fourth-order valence-corrected chi connectivity index (χ4v) is 2.54. The molecule has 0 radical (unpaired) electrons. The molecule has 2 rings (SSSR count). The van der Waals surface area contributed by atoms with Crippen LogP contribution in [0.1, 0.15) is 10.6 Å². The number of thioether (sulfide) groups is 1. The summed E-state index contributed by atoms with van der Waals surface area (Å²) >= 11 is 1.76. The summed E-state index contributed by atoms with van der Waals surface area (Å²) in [4.78, 5) is 22.6. The first-order chi connectivity index (χ1) is 8.09. The minimum absolute atomic E-state index is 0.257. The molecule has 0 spiro atoms. The van der Waals surface area contributed by atoms with Crippen LogP contribution in [0.5, 0.6) is 0 Å². The molecule has 8 heteroatoms. The number of carboxylic acids is 1. The van der Waals surface area contributed by atoms with Gasteiger partial charge in [-0.05, 0) is 0 Å². The highest BCUT2D eigenvalue weighted by atomic mass is 32.2. The van der Waals surface area contributed by atoms with Crippen LogP contribution in [0.2, 0.25) is 0 Å². The summed E-state index contributed by atoms with van der Waals surface area (Å²) in [5.74, 6) is -0.458. The third-order valence-corrected chi connectivity index (χ3v) is 3.36. The summed E-state index contributed by atoms with van der Waals surface area (Å²) < 4.78 is 4.74. The van der Waals surface area contributed by atoms with Crippen LogP contribution in [-0.4, -0.2) is 40.6 Å². The van der Waals surface area contributed by atoms with Gasteiger partial charge in [0.05, 0.1) is 0 Å². The lowest BCUT2D eigenvalue weighted by atomic mass is 10.3. The zero-order chi connectivity index (χ0) is 12.4. The summed E-state index contributed by atoms with van der Waals surface area (Å²) in [6.07, 6.45) is 0. The van der Waals surface area contributed by atoms with Crippen molar-refractivity contribution in [2.24, 2.45) is 0 Å². The summed E-state index contributed by atoms with van der Waals surface area (Å²) in [5.41, 5.74) is 0.257. The lowest BCUT2D eigenvalue weighted by Crippen LogP contribution is -2.32. The topological polar surface area (TPSA) is 96.8 Å². The average molecular weight is 258 g/mol. The normalized spacial score (nSPS) is 15.9. The number of nitro groups is 1. The molecule has 0 amide bonds. The van der Waals surface area contributed by atoms with E-state index in [1.165, 1.54) is 6.07 Å². The molecular formula is C9H10N2O5S. The van der Waals surface area contributed by atoms with Crippen molar-refractivity contribution in [1.82, 2.24) is 0 Å². The van der Waals surface area contributed by atoms with Gasteiger partial charge in [0.2, 0.25) is 5.76 Å². The Hall–Kier alpha value is -1.70. The van der Waals surface area contributed by atoms with Crippen molar-refractivity contribution in [2.75, 3.05) is 29.5 Å². The van der Waals surface area contributed by atoms with Crippen LogP contribution in [0.4, 0.5) is 11.6 Å². The predicted octanol–water partition coefficient (Wildman–Crippen LogP) is 1.44. The van der Waals surface area contributed by atoms with E-state index in [-0.39, 0.29) is 5.69 Å². The monoisotopic (exact) mass is 258 g/mol. The number of aromatic carboxylic acids is 1. The average Bonchev–Trinajstić information content (AvgIpc) is 2.75. The number of carbonyl (C=O) groups is 1. The number of furan rings is 1. The van der Waals surface area contributed by atoms with Gasteiger partial charge in [-0.3, -0.25) is 10.1 Å². The van der Waals surface area contributed by atoms with Gasteiger partial charge in [-0.25, -0.2) is 4.79 Å². The van der Waals surface area contributed by atoms with Gasteiger partial charge in [0, 0.05) is 30.7 Å². The van der Waals surface area contributed by atoms with Crippen LogP contribution in [0.25, 0.3) is 0 Å². The quantitative estimate of drug-likeness (QED) is 0.647. The van der Waals surface area contributed by atoms with E-state index in [0.717, 1.165) is 11.5 Å². The van der Waals surface area contributed by atoms with E-state index >= 15 is 0 Å². The Balaban J connectivity index is 2.36. The van der Waals surface area contributed by atoms with Crippen molar-refractivity contribution in [3.63, 3.8) is 0 Å². The molecule has 1 aromatic heterocycles. The first-order valence-electron chi connectivity index (χ1n) is 4.94. The molecule has 0 unspecified atom stereocenters. The first-order valence-corrected chi connectivity index (χ1v) is 6.09. The van der Waals surface area contributed by atoms with Crippen molar-refractivity contribution >= 4 is 29.3 Å². The zero-order valence-corrected chi connectivity index (χ0v) is 9.61. The molecule has 1 aromatic rings. The van der Waals surface area contributed by atoms with Crippen LogP contribution in [0.15, 0.2) is 10.5 Å². The Morgan fingerprint density at radius 1 is 1.53 bits per heavy atom. The van der Waals surface area contributed by atoms with E-state index in [9.17, 15) is 14.9 Å². The summed E-state index contributed by atoms with van der Waals surface area (Å²) in [7, 11) is 0. The number of carboxylic acid groups (broad SMARTS) is 1. The lowest BCUT2D eigenvalue weighted by molar-refractivity contribution is -0.401. The van der Waals surface area contributed by atoms with Crippen molar-refractivity contribution in [3.05, 3.63) is 21.9 Å². The van der Waals surface area contributed by atoms with Gasteiger partial charge in [-0.15, -0.1) is 0 Å². The SMILES string of the molecule is O=C(O)c1cc(N2CCSCC2)c([N+](=O)[O-])o1. The lowest BCUT2D eigenvalue weighted by Gasteiger charge is -2.25. The molecule has 1 N–H and O–H groups in total. The number of nitrogens with zero attached hydrogens (tertiary/aromatic N) is 2. The molecule has 0 saturated carbocycles. The van der Waals surface area contributed by atoms with Crippen LogP contribution in [0.3, 0.4) is 0 Å². The molecule has 2 heterocycles. The fraction of sp³-hybridized carbons (Fsp3) is 0.444. The Morgan fingerprint density at radius 2 is 2.18 bits per heavy atom. The highest BCUT2D eigenvalue weighted by Crippen LogP contribution is 2.33. The van der Waals surface area contributed by atoms with E-state index in [1.807, 2.05) is 0 Å². The fourth-order valence-electron chi connectivity index (χ4n) is 1.64. The second kappa shape index (κ2) is 4.66. The Morgan fingerprint density at radius 3 is 2.71 bits per heavy atom. The highest BCUT2D eigenvalue weighted by Gasteiger charge is 2.29. The van der Waals surface area contributed by atoms with Gasteiger partial charge in [0.15, 0.2) is 5.69 Å². The van der Waals surface area contributed by atoms with Crippen molar-refractivity contribution in [2.45, 2.75) is 0 Å². The van der Waals surface area contributed by atoms with Crippen LogP contribution in [0, 0.1) is 10.1 Å². The van der Waals surface area contributed by atoms with Gasteiger partial charge in [-0.2, -0.15) is 11.8 Å². The molecule has 0 aliphatic carbocycles. The van der Waals surface area contributed by atoms with Gasteiger partial charge in [-0.1, -0.05) is 0 Å². The summed E-state index contributed by atoms with van der Waals surface area (Å²) in [5, 5.41) is 19.6. The number of anilines is 1. The van der Waals surface area contributed by atoms with Crippen molar-refractivity contribution < 1.29 is 19.2 Å². The molecule has 7 nitrogen and oxygen atoms in total. The van der Waals surface area contributed by atoms with Gasteiger partial charge < -0.3 is 14.4 Å². The van der Waals surface area contributed by atoms with Gasteiger partial charge in [0.25, 0.3) is 0 Å². The minimum Gasteiger partial charge on any atom is -0.475 e. The third kappa shape index (κ3) is 2.36. The molecule has 1 saturated heterocycles. The Labute approximate surface area is 101 Å². The molecular weight excluding hydrogens is 248 g/mol. The van der Waals surface area contributed by atoms with E-state index in [4.69, 9.17) is 9.52 Å². The molecule has 1 aliphatic rings. The molecule has 1 aliphatic heterocycles. The zero-order valence-electron chi connectivity index (χ0n) is 8.79. The number of rotatable bonds is 3. The Bertz CT molecular complexity index is 452. The maximum Gasteiger partial charge on any atom is 0.457 e. The van der Waals surface area contributed by atoms with E-state index in [1.54, 1.807) is 16.7 Å². The van der Waals surface area contributed by atoms with E-state index < -0.39 is 22.5 Å². The van der Waals surface area contributed by atoms with E-state index in [0.29, 0.717) is 13.1 Å². The summed E-state index contributed by atoms with van der Waals surface area (Å²) in [6, 6.07) is 1.22. The molecule has 0 bridgehead atoms. The minimum atomic E-state index is -1.30. The van der Waals surface area contributed by atoms with Gasteiger partial charge >= 0.3 is 11.9 Å². The molecule has 1 fully saturated rings. The van der Waals surface area contributed by atoms with Gasteiger partial charge in [0.1, 0.15) is 4.92 Å². The molecule has 92 valence electrons. The first kappa shape index (κ1) is 11.8. The second-order valence-corrected chi connectivity index (χ2v) is 4.69. The van der Waals surface area contributed by atoms with Crippen molar-refractivity contribution in [3.8, 4) is 0 Å². The highest BCUT2D eigenvalue weighted by molar-refractivity contribution is 7.99. The van der Waals surface area contributed by atoms with Crippen molar-refractivity contribution in [1.29, 1.82) is 0 Å². The van der Waals surface area contributed by atoms with Crippen LogP contribution >= 0.6 is 11.8 Å². The molecule has 0 atom stereocenters. The van der Waals surface area contributed by atoms with E-state index in [2.05, 4.69) is 0 Å². The summed E-state index contributed by atoms with van der Waals surface area (Å²) in [6.45, 7) is 1.31. The maximum atomic E-state index is 10.8.